The van der Waals surface area contributed by atoms with Crippen molar-refractivity contribution >= 4 is 5.97 Å². The van der Waals surface area contributed by atoms with E-state index in [9.17, 15) is 4.79 Å². The van der Waals surface area contributed by atoms with Crippen molar-refractivity contribution in [1.82, 2.24) is 0 Å². The van der Waals surface area contributed by atoms with Crippen LogP contribution in [0.3, 0.4) is 0 Å². The molecule has 3 unspecified atom stereocenters. The lowest BCUT2D eigenvalue weighted by atomic mass is 9.60. The van der Waals surface area contributed by atoms with E-state index in [-0.39, 0.29) is 11.4 Å². The van der Waals surface area contributed by atoms with Crippen molar-refractivity contribution in [2.75, 3.05) is 7.11 Å². The van der Waals surface area contributed by atoms with Gasteiger partial charge >= 0.3 is 5.97 Å². The Kier molecular flexibility index (Phi) is 3.80. The third kappa shape index (κ3) is 2.73. The zero-order valence-corrected chi connectivity index (χ0v) is 10.7. The molecule has 0 amide bonds. The molecular weight excluding hydrogens is 188 g/mol. The minimum Gasteiger partial charge on any atom is -0.469 e. The molecule has 1 aliphatic rings. The Morgan fingerprint density at radius 2 is 2.00 bits per heavy atom. The van der Waals surface area contributed by atoms with Gasteiger partial charge in [-0.3, -0.25) is 4.79 Å². The molecular formula is C13H24O2. The summed E-state index contributed by atoms with van der Waals surface area (Å²) < 4.78 is 4.79. The lowest BCUT2D eigenvalue weighted by molar-refractivity contribution is -0.144. The van der Waals surface area contributed by atoms with Crippen LogP contribution in [0.1, 0.15) is 47.0 Å². The number of esters is 1. The van der Waals surface area contributed by atoms with Crippen LogP contribution in [0, 0.1) is 23.2 Å². The van der Waals surface area contributed by atoms with Crippen molar-refractivity contribution in [3.8, 4) is 0 Å². The maximum Gasteiger partial charge on any atom is 0.305 e. The first-order valence-electron chi connectivity index (χ1n) is 5.95. The minimum absolute atomic E-state index is 0.0611. The first-order chi connectivity index (χ1) is 6.88. The van der Waals surface area contributed by atoms with E-state index in [0.717, 1.165) is 5.92 Å². The van der Waals surface area contributed by atoms with Crippen LogP contribution in [-0.2, 0) is 9.53 Å². The lowest BCUT2D eigenvalue weighted by Crippen LogP contribution is -2.39. The van der Waals surface area contributed by atoms with E-state index in [1.165, 1.54) is 20.0 Å². The molecule has 88 valence electrons. The van der Waals surface area contributed by atoms with Crippen LogP contribution < -0.4 is 0 Å². The molecule has 0 bridgehead atoms. The Balaban J connectivity index is 2.74. The first-order valence-corrected chi connectivity index (χ1v) is 5.95. The Bertz CT molecular complexity index is 233. The van der Waals surface area contributed by atoms with E-state index in [1.54, 1.807) is 0 Å². The SMILES string of the molecule is COC(=O)CC1C(C)C(C)CCC1(C)C. The van der Waals surface area contributed by atoms with Gasteiger partial charge in [0.15, 0.2) is 0 Å². The van der Waals surface area contributed by atoms with Crippen LogP contribution >= 0.6 is 0 Å². The summed E-state index contributed by atoms with van der Waals surface area (Å²) in [5, 5.41) is 0. The standard InChI is InChI=1S/C13H24O2/c1-9-6-7-13(3,4)11(10(9)2)8-12(14)15-5/h9-11H,6-8H2,1-5H3. The predicted octanol–water partition coefficient (Wildman–Crippen LogP) is 3.26. The summed E-state index contributed by atoms with van der Waals surface area (Å²) in [6.07, 6.45) is 3.08. The van der Waals surface area contributed by atoms with Crippen molar-refractivity contribution in [2.45, 2.75) is 47.0 Å². The zero-order valence-electron chi connectivity index (χ0n) is 10.7. The highest BCUT2D eigenvalue weighted by molar-refractivity contribution is 5.69. The normalized spacial score (nSPS) is 34.9. The van der Waals surface area contributed by atoms with Gasteiger partial charge in [-0.15, -0.1) is 0 Å². The van der Waals surface area contributed by atoms with E-state index >= 15 is 0 Å². The van der Waals surface area contributed by atoms with Gasteiger partial charge in [0.2, 0.25) is 0 Å². The number of carbonyl (C=O) groups is 1. The van der Waals surface area contributed by atoms with E-state index < -0.39 is 0 Å². The summed E-state index contributed by atoms with van der Waals surface area (Å²) >= 11 is 0. The molecule has 0 radical (unpaired) electrons. The summed E-state index contributed by atoms with van der Waals surface area (Å²) in [5.74, 6) is 1.75. The van der Waals surface area contributed by atoms with Gasteiger partial charge in [0.05, 0.1) is 7.11 Å². The fraction of sp³-hybridized carbons (Fsp3) is 0.923. The second kappa shape index (κ2) is 4.54. The number of carbonyl (C=O) groups excluding carboxylic acids is 1. The van der Waals surface area contributed by atoms with Gasteiger partial charge in [-0.05, 0) is 36.0 Å². The topological polar surface area (TPSA) is 26.3 Å². The molecule has 1 saturated carbocycles. The van der Waals surface area contributed by atoms with E-state index in [2.05, 4.69) is 27.7 Å². The van der Waals surface area contributed by atoms with Gasteiger partial charge < -0.3 is 4.74 Å². The van der Waals surface area contributed by atoms with Gasteiger partial charge in [-0.2, -0.15) is 0 Å². The quantitative estimate of drug-likeness (QED) is 0.657. The maximum atomic E-state index is 11.4. The molecule has 2 heteroatoms. The molecule has 1 fully saturated rings. The van der Waals surface area contributed by atoms with Gasteiger partial charge in [0.25, 0.3) is 0 Å². The van der Waals surface area contributed by atoms with Crippen molar-refractivity contribution in [3.63, 3.8) is 0 Å². The van der Waals surface area contributed by atoms with Gasteiger partial charge in [0.1, 0.15) is 0 Å². The Labute approximate surface area is 93.4 Å². The molecule has 2 nitrogen and oxygen atoms in total. The molecule has 0 N–H and O–H groups in total. The van der Waals surface area contributed by atoms with Crippen LogP contribution in [0.5, 0.6) is 0 Å². The van der Waals surface area contributed by atoms with Crippen LogP contribution in [0.4, 0.5) is 0 Å². The largest absolute Gasteiger partial charge is 0.469 e. The maximum absolute atomic E-state index is 11.4. The summed E-state index contributed by atoms with van der Waals surface area (Å²) in [6.45, 7) is 9.13. The molecule has 0 aliphatic heterocycles. The lowest BCUT2D eigenvalue weighted by Gasteiger charge is -2.45. The van der Waals surface area contributed by atoms with Gasteiger partial charge in [-0.1, -0.05) is 27.7 Å². The smallest absolute Gasteiger partial charge is 0.305 e. The number of rotatable bonds is 2. The first kappa shape index (κ1) is 12.5. The summed E-state index contributed by atoms with van der Waals surface area (Å²) in [6, 6.07) is 0. The third-order valence-corrected chi connectivity index (χ3v) is 4.39. The Morgan fingerprint density at radius 1 is 1.40 bits per heavy atom. The van der Waals surface area contributed by atoms with Crippen LogP contribution in [0.15, 0.2) is 0 Å². The summed E-state index contributed by atoms with van der Waals surface area (Å²) in [7, 11) is 1.48. The number of hydrogen-bond acceptors (Lipinski definition) is 2. The van der Waals surface area contributed by atoms with Crippen LogP contribution in [0.25, 0.3) is 0 Å². The minimum atomic E-state index is -0.0611. The Hall–Kier alpha value is -0.530. The highest BCUT2D eigenvalue weighted by Gasteiger charge is 2.41. The number of methoxy groups -OCH3 is 1. The monoisotopic (exact) mass is 212 g/mol. The average molecular weight is 212 g/mol. The molecule has 0 aromatic heterocycles. The summed E-state index contributed by atoms with van der Waals surface area (Å²) in [4.78, 5) is 11.4. The van der Waals surface area contributed by atoms with E-state index in [0.29, 0.717) is 18.3 Å². The molecule has 15 heavy (non-hydrogen) atoms. The molecule has 3 atom stereocenters. The molecule has 0 saturated heterocycles. The highest BCUT2D eigenvalue weighted by Crippen LogP contribution is 2.48. The average Bonchev–Trinajstić information content (AvgIpc) is 2.19. The van der Waals surface area contributed by atoms with Crippen molar-refractivity contribution in [2.24, 2.45) is 23.2 Å². The molecule has 0 aromatic rings. The second-order valence-electron chi connectivity index (χ2n) is 5.75. The van der Waals surface area contributed by atoms with Crippen molar-refractivity contribution < 1.29 is 9.53 Å². The number of ether oxygens (including phenoxy) is 1. The third-order valence-electron chi connectivity index (χ3n) is 4.39. The van der Waals surface area contributed by atoms with E-state index in [1.807, 2.05) is 0 Å². The molecule has 0 aromatic carbocycles. The highest BCUT2D eigenvalue weighted by atomic mass is 16.5. The van der Waals surface area contributed by atoms with Crippen LogP contribution in [-0.4, -0.2) is 13.1 Å². The Morgan fingerprint density at radius 3 is 2.53 bits per heavy atom. The van der Waals surface area contributed by atoms with Crippen molar-refractivity contribution in [3.05, 3.63) is 0 Å². The van der Waals surface area contributed by atoms with E-state index in [4.69, 9.17) is 4.74 Å². The second-order valence-corrected chi connectivity index (χ2v) is 5.75. The zero-order chi connectivity index (χ0) is 11.6. The fourth-order valence-corrected chi connectivity index (χ4v) is 2.88. The molecule has 0 spiro atoms. The predicted molar refractivity (Wildman–Crippen MR) is 61.5 cm³/mol. The van der Waals surface area contributed by atoms with Crippen molar-refractivity contribution in [1.29, 1.82) is 0 Å². The van der Waals surface area contributed by atoms with Gasteiger partial charge in [0, 0.05) is 6.42 Å². The van der Waals surface area contributed by atoms with Gasteiger partial charge in [-0.25, -0.2) is 0 Å². The molecule has 1 rings (SSSR count). The summed E-state index contributed by atoms with van der Waals surface area (Å²) in [5.41, 5.74) is 0.278. The molecule has 0 heterocycles. The number of hydrogen-bond donors (Lipinski definition) is 0. The molecule has 1 aliphatic carbocycles. The fourth-order valence-electron chi connectivity index (χ4n) is 2.88. The van der Waals surface area contributed by atoms with Crippen LogP contribution in [0.2, 0.25) is 0 Å².